The van der Waals surface area contributed by atoms with Gasteiger partial charge in [-0.1, -0.05) is 32.3 Å². The van der Waals surface area contributed by atoms with E-state index in [-0.39, 0.29) is 18.3 Å². The van der Waals surface area contributed by atoms with Gasteiger partial charge >= 0.3 is 0 Å². The number of hydrogen-bond donors (Lipinski definition) is 0. The molecule has 1 rings (SSSR count). The Kier molecular flexibility index (Phi) is 9.39. The number of unbranched alkanes of at least 4 members (excludes halogenated alkanes) is 4. The van der Waals surface area contributed by atoms with Gasteiger partial charge in [0.05, 0.1) is 0 Å². The molecule has 3 heteroatoms. The number of carbonyl (C=O) groups is 1. The number of carbonyl (C=O) groups excluding carboxylic acids is 1. The first-order valence-electron chi connectivity index (χ1n) is 7.03. The summed E-state index contributed by atoms with van der Waals surface area (Å²) in [7, 11) is 4.08. The summed E-state index contributed by atoms with van der Waals surface area (Å²) in [5.41, 5.74) is 1.10. The molecule has 0 saturated heterocycles. The predicted molar refractivity (Wildman–Crippen MR) is 80.4 cm³/mol. The van der Waals surface area contributed by atoms with E-state index in [4.69, 9.17) is 0 Å². The molecule has 1 aliphatic carbocycles. The molecule has 106 valence electrons. The van der Waals surface area contributed by atoms with E-state index in [1.807, 2.05) is 14.1 Å². The summed E-state index contributed by atoms with van der Waals surface area (Å²) in [6.45, 7) is 3.14. The Labute approximate surface area is 118 Å². The molecule has 0 bridgehead atoms. The lowest BCUT2D eigenvalue weighted by atomic mass is 10.0. The van der Waals surface area contributed by atoms with Crippen LogP contribution in [0.3, 0.4) is 0 Å². The van der Waals surface area contributed by atoms with Gasteiger partial charge in [-0.05, 0) is 45.4 Å². The largest absolute Gasteiger partial charge is 0.309 e. The van der Waals surface area contributed by atoms with Gasteiger partial charge in [0.15, 0.2) is 5.78 Å². The van der Waals surface area contributed by atoms with Gasteiger partial charge in [-0.2, -0.15) is 0 Å². The van der Waals surface area contributed by atoms with E-state index in [2.05, 4.69) is 17.9 Å². The van der Waals surface area contributed by atoms with Gasteiger partial charge in [-0.25, -0.2) is 0 Å². The molecule has 0 radical (unpaired) electrons. The molecule has 0 aromatic rings. The Bertz CT molecular complexity index is 274. The molecule has 1 saturated carbocycles. The van der Waals surface area contributed by atoms with E-state index >= 15 is 0 Å². The summed E-state index contributed by atoms with van der Waals surface area (Å²) in [5, 5.41) is 0. The normalized spacial score (nSPS) is 21.7. The minimum atomic E-state index is 0. The lowest BCUT2D eigenvalue weighted by molar-refractivity contribution is -0.118. The van der Waals surface area contributed by atoms with Gasteiger partial charge in [-0.3, -0.25) is 4.79 Å². The van der Waals surface area contributed by atoms with Gasteiger partial charge < -0.3 is 4.90 Å². The topological polar surface area (TPSA) is 20.3 Å². The number of rotatable bonds is 7. The third kappa shape index (κ3) is 6.01. The SMILES string of the molecule is CCCCCC/C=C1\CCC(CN(C)C)C1=O.Cl. The minimum Gasteiger partial charge on any atom is -0.309 e. The Morgan fingerprint density at radius 1 is 1.28 bits per heavy atom. The summed E-state index contributed by atoms with van der Waals surface area (Å²) in [5.74, 6) is 0.668. The van der Waals surface area contributed by atoms with Gasteiger partial charge in [-0.15, -0.1) is 12.4 Å². The van der Waals surface area contributed by atoms with Crippen LogP contribution in [0.1, 0.15) is 51.9 Å². The number of halogens is 1. The average molecular weight is 274 g/mol. The molecule has 18 heavy (non-hydrogen) atoms. The van der Waals surface area contributed by atoms with Crippen molar-refractivity contribution in [3.8, 4) is 0 Å². The first-order chi connectivity index (χ1) is 8.15. The first-order valence-corrected chi connectivity index (χ1v) is 7.03. The smallest absolute Gasteiger partial charge is 0.162 e. The third-order valence-electron chi connectivity index (χ3n) is 3.48. The van der Waals surface area contributed by atoms with Crippen molar-refractivity contribution in [2.45, 2.75) is 51.9 Å². The first kappa shape index (κ1) is 17.7. The van der Waals surface area contributed by atoms with E-state index in [1.165, 1.54) is 25.7 Å². The summed E-state index contributed by atoms with van der Waals surface area (Å²) in [6.07, 6.45) is 10.5. The maximum Gasteiger partial charge on any atom is 0.162 e. The Morgan fingerprint density at radius 2 is 2.00 bits per heavy atom. The highest BCUT2D eigenvalue weighted by Crippen LogP contribution is 2.27. The fraction of sp³-hybridized carbons (Fsp3) is 0.800. The standard InChI is InChI=1S/C15H27NO.ClH/c1-4-5-6-7-8-9-13-10-11-14(15(13)17)12-16(2)3;/h9,14H,4-8,10-12H2,1-3H3;1H/b13-9+;. The molecule has 0 amide bonds. The van der Waals surface area contributed by atoms with Gasteiger partial charge in [0.2, 0.25) is 0 Å². The van der Waals surface area contributed by atoms with E-state index in [1.54, 1.807) is 0 Å². The monoisotopic (exact) mass is 273 g/mol. The molecule has 1 aliphatic rings. The molecule has 0 heterocycles. The van der Waals surface area contributed by atoms with Crippen LogP contribution >= 0.6 is 12.4 Å². The van der Waals surface area contributed by atoms with E-state index in [9.17, 15) is 4.79 Å². The number of Topliss-reactive ketones (excluding diaryl/α,β-unsaturated/α-hetero) is 1. The summed E-state index contributed by atoms with van der Waals surface area (Å²) >= 11 is 0. The predicted octanol–water partition coefficient (Wildman–Crippen LogP) is 3.85. The number of allylic oxidation sites excluding steroid dienone is 2. The Balaban J connectivity index is 0.00000289. The van der Waals surface area contributed by atoms with Crippen molar-refractivity contribution in [1.82, 2.24) is 4.90 Å². The van der Waals surface area contributed by atoms with Crippen molar-refractivity contribution in [2.75, 3.05) is 20.6 Å². The van der Waals surface area contributed by atoms with Crippen LogP contribution in [-0.4, -0.2) is 31.3 Å². The summed E-state index contributed by atoms with van der Waals surface area (Å²) in [4.78, 5) is 14.2. The molecule has 1 unspecified atom stereocenters. The van der Waals surface area contributed by atoms with Crippen molar-refractivity contribution in [3.63, 3.8) is 0 Å². The van der Waals surface area contributed by atoms with Gasteiger partial charge in [0, 0.05) is 12.5 Å². The lowest BCUT2D eigenvalue weighted by Crippen LogP contribution is -2.24. The maximum atomic E-state index is 12.1. The van der Waals surface area contributed by atoms with Crippen LogP contribution in [0.4, 0.5) is 0 Å². The minimum absolute atomic E-state index is 0. The highest BCUT2D eigenvalue weighted by Gasteiger charge is 2.28. The lowest BCUT2D eigenvalue weighted by Gasteiger charge is -2.13. The number of nitrogens with zero attached hydrogens (tertiary/aromatic N) is 1. The van der Waals surface area contributed by atoms with Crippen LogP contribution in [0, 0.1) is 5.92 Å². The van der Waals surface area contributed by atoms with Crippen LogP contribution in [0.15, 0.2) is 11.6 Å². The molecule has 1 atom stereocenters. The molecule has 0 spiro atoms. The molecule has 2 nitrogen and oxygen atoms in total. The number of ketones is 1. The molecule has 0 aromatic carbocycles. The molecule has 0 aliphatic heterocycles. The summed E-state index contributed by atoms with van der Waals surface area (Å²) < 4.78 is 0. The van der Waals surface area contributed by atoms with Crippen molar-refractivity contribution >= 4 is 18.2 Å². The molecular weight excluding hydrogens is 246 g/mol. The zero-order valence-corrected chi connectivity index (χ0v) is 12.9. The van der Waals surface area contributed by atoms with Crippen molar-refractivity contribution in [2.24, 2.45) is 5.92 Å². The quantitative estimate of drug-likeness (QED) is 0.519. The molecule has 0 aromatic heterocycles. The fourth-order valence-corrected chi connectivity index (χ4v) is 2.51. The van der Waals surface area contributed by atoms with Gasteiger partial charge in [0.1, 0.15) is 0 Å². The second kappa shape index (κ2) is 9.57. The van der Waals surface area contributed by atoms with Gasteiger partial charge in [0.25, 0.3) is 0 Å². The second-order valence-electron chi connectivity index (χ2n) is 5.44. The van der Waals surface area contributed by atoms with E-state index in [0.29, 0.717) is 5.78 Å². The van der Waals surface area contributed by atoms with Crippen LogP contribution in [0.5, 0.6) is 0 Å². The highest BCUT2D eigenvalue weighted by atomic mass is 35.5. The van der Waals surface area contributed by atoms with E-state index in [0.717, 1.165) is 31.4 Å². The average Bonchev–Trinajstić information content (AvgIpc) is 2.60. The fourth-order valence-electron chi connectivity index (χ4n) is 2.51. The highest BCUT2D eigenvalue weighted by molar-refractivity contribution is 5.99. The molecule has 0 N–H and O–H groups in total. The Morgan fingerprint density at radius 3 is 2.61 bits per heavy atom. The van der Waals surface area contributed by atoms with Crippen LogP contribution < -0.4 is 0 Å². The van der Waals surface area contributed by atoms with Crippen LogP contribution in [-0.2, 0) is 4.79 Å². The molecular formula is C15H28ClNO. The van der Waals surface area contributed by atoms with Crippen molar-refractivity contribution in [3.05, 3.63) is 11.6 Å². The zero-order chi connectivity index (χ0) is 12.7. The summed E-state index contributed by atoms with van der Waals surface area (Å²) in [6, 6.07) is 0. The Hall–Kier alpha value is -0.340. The van der Waals surface area contributed by atoms with Crippen molar-refractivity contribution < 1.29 is 4.79 Å². The second-order valence-corrected chi connectivity index (χ2v) is 5.44. The maximum absolute atomic E-state index is 12.1. The van der Waals surface area contributed by atoms with Crippen LogP contribution in [0.25, 0.3) is 0 Å². The third-order valence-corrected chi connectivity index (χ3v) is 3.48. The molecule has 1 fully saturated rings. The zero-order valence-electron chi connectivity index (χ0n) is 12.1. The van der Waals surface area contributed by atoms with E-state index < -0.39 is 0 Å². The number of hydrogen-bond acceptors (Lipinski definition) is 2. The van der Waals surface area contributed by atoms with Crippen molar-refractivity contribution in [1.29, 1.82) is 0 Å². The van der Waals surface area contributed by atoms with Crippen LogP contribution in [0.2, 0.25) is 0 Å².